The molecule has 0 unspecified atom stereocenters. The number of carbonyl (C=O) groups is 1. The number of carbonyl (C=O) groups excluding carboxylic acids is 1. The molecule has 3 N–H and O–H groups in total. The van der Waals surface area contributed by atoms with Crippen molar-refractivity contribution in [2.75, 3.05) is 7.05 Å². The fourth-order valence-corrected chi connectivity index (χ4v) is 2.12. The summed E-state index contributed by atoms with van der Waals surface area (Å²) < 4.78 is 19.0. The highest BCUT2D eigenvalue weighted by Gasteiger charge is 2.15. The van der Waals surface area contributed by atoms with Crippen LogP contribution in [0.15, 0.2) is 34.7 Å². The van der Waals surface area contributed by atoms with Gasteiger partial charge in [0.25, 0.3) is 0 Å². The highest BCUT2D eigenvalue weighted by Crippen LogP contribution is 2.18. The molecule has 1 amide bonds. The Labute approximate surface area is 122 Å². The number of furan rings is 1. The first-order valence-electron chi connectivity index (χ1n) is 6.53. The molecule has 21 heavy (non-hydrogen) atoms. The molecule has 2 rings (SSSR count). The van der Waals surface area contributed by atoms with E-state index in [-0.39, 0.29) is 11.6 Å². The molecule has 6 heteroatoms. The molecule has 0 aliphatic carbocycles. The SMILES string of the molecule is Cc1oc(C(=O)NN)cc1CN(C)Cc1ccccc1F. The number of nitrogen functional groups attached to an aromatic ring is 1. The monoisotopic (exact) mass is 291 g/mol. The van der Waals surface area contributed by atoms with Gasteiger partial charge in [0, 0.05) is 24.2 Å². The number of nitrogens with zero attached hydrogens (tertiary/aromatic N) is 1. The second kappa shape index (κ2) is 6.51. The Morgan fingerprint density at radius 3 is 2.67 bits per heavy atom. The highest BCUT2D eigenvalue weighted by atomic mass is 19.1. The third-order valence-corrected chi connectivity index (χ3v) is 3.21. The zero-order valence-corrected chi connectivity index (χ0v) is 12.0. The lowest BCUT2D eigenvalue weighted by atomic mass is 10.2. The van der Waals surface area contributed by atoms with Crippen molar-refractivity contribution < 1.29 is 13.6 Å². The van der Waals surface area contributed by atoms with Crippen LogP contribution in [0.5, 0.6) is 0 Å². The lowest BCUT2D eigenvalue weighted by Crippen LogP contribution is -2.29. The van der Waals surface area contributed by atoms with E-state index in [2.05, 4.69) is 0 Å². The Morgan fingerprint density at radius 1 is 1.33 bits per heavy atom. The summed E-state index contributed by atoms with van der Waals surface area (Å²) in [6, 6.07) is 8.31. The zero-order valence-electron chi connectivity index (χ0n) is 12.0. The molecule has 5 nitrogen and oxygen atoms in total. The van der Waals surface area contributed by atoms with Gasteiger partial charge in [-0.25, -0.2) is 10.2 Å². The van der Waals surface area contributed by atoms with Gasteiger partial charge in [-0.15, -0.1) is 0 Å². The molecule has 0 saturated carbocycles. The normalized spacial score (nSPS) is 10.9. The molecule has 0 atom stereocenters. The van der Waals surface area contributed by atoms with E-state index in [0.717, 1.165) is 5.56 Å². The Kier molecular flexibility index (Phi) is 4.72. The van der Waals surface area contributed by atoms with Crippen molar-refractivity contribution in [3.63, 3.8) is 0 Å². The van der Waals surface area contributed by atoms with Crippen molar-refractivity contribution in [2.45, 2.75) is 20.0 Å². The topological polar surface area (TPSA) is 71.5 Å². The minimum atomic E-state index is -0.471. The minimum absolute atomic E-state index is 0.171. The molecular formula is C15H18FN3O2. The molecule has 1 aromatic heterocycles. The van der Waals surface area contributed by atoms with Crippen LogP contribution in [0.2, 0.25) is 0 Å². The Hall–Kier alpha value is -2.18. The molecule has 0 saturated heterocycles. The number of nitrogens with two attached hydrogens (primary N) is 1. The van der Waals surface area contributed by atoms with Gasteiger partial charge in [-0.3, -0.25) is 15.1 Å². The molecule has 112 valence electrons. The quantitative estimate of drug-likeness (QED) is 0.502. The minimum Gasteiger partial charge on any atom is -0.456 e. The third-order valence-electron chi connectivity index (χ3n) is 3.21. The second-order valence-electron chi connectivity index (χ2n) is 4.93. The first-order chi connectivity index (χ1) is 10.0. The van der Waals surface area contributed by atoms with Gasteiger partial charge in [-0.2, -0.15) is 0 Å². The maximum atomic E-state index is 13.6. The summed E-state index contributed by atoms with van der Waals surface area (Å²) in [7, 11) is 1.88. The molecule has 0 fully saturated rings. The predicted molar refractivity (Wildman–Crippen MR) is 76.7 cm³/mol. The van der Waals surface area contributed by atoms with Crippen LogP contribution >= 0.6 is 0 Å². The number of nitrogens with one attached hydrogen (secondary N) is 1. The molecule has 0 bridgehead atoms. The van der Waals surface area contributed by atoms with Crippen LogP contribution in [0, 0.1) is 12.7 Å². The average Bonchev–Trinajstić information content (AvgIpc) is 2.82. The summed E-state index contributed by atoms with van der Waals surface area (Å²) in [6.07, 6.45) is 0. The fraction of sp³-hybridized carbons (Fsp3) is 0.267. The number of rotatable bonds is 5. The van der Waals surface area contributed by atoms with Crippen molar-refractivity contribution in [1.29, 1.82) is 0 Å². The Balaban J connectivity index is 2.06. The van der Waals surface area contributed by atoms with Gasteiger partial charge in [0.2, 0.25) is 0 Å². The average molecular weight is 291 g/mol. The van der Waals surface area contributed by atoms with Gasteiger partial charge >= 0.3 is 5.91 Å². The number of hydrogen-bond donors (Lipinski definition) is 2. The lowest BCUT2D eigenvalue weighted by Gasteiger charge is -2.16. The number of hydrogen-bond acceptors (Lipinski definition) is 4. The molecule has 2 aromatic rings. The largest absolute Gasteiger partial charge is 0.456 e. The maximum Gasteiger partial charge on any atom is 0.300 e. The lowest BCUT2D eigenvalue weighted by molar-refractivity contribution is 0.0924. The van der Waals surface area contributed by atoms with Gasteiger partial charge in [0.15, 0.2) is 5.76 Å². The van der Waals surface area contributed by atoms with Crippen LogP contribution in [0.1, 0.15) is 27.4 Å². The van der Waals surface area contributed by atoms with Crippen molar-refractivity contribution >= 4 is 5.91 Å². The maximum absolute atomic E-state index is 13.6. The van der Waals surface area contributed by atoms with Crippen LogP contribution in [-0.2, 0) is 13.1 Å². The van der Waals surface area contributed by atoms with E-state index in [9.17, 15) is 9.18 Å². The highest BCUT2D eigenvalue weighted by molar-refractivity contribution is 5.91. The molecule has 0 spiro atoms. The summed E-state index contributed by atoms with van der Waals surface area (Å²) in [5, 5.41) is 0. The van der Waals surface area contributed by atoms with Crippen LogP contribution in [0.25, 0.3) is 0 Å². The summed E-state index contributed by atoms with van der Waals surface area (Å²) in [5.41, 5.74) is 3.52. The van der Waals surface area contributed by atoms with Gasteiger partial charge in [0.1, 0.15) is 11.6 Å². The molecule has 1 heterocycles. The van der Waals surface area contributed by atoms with Crippen molar-refractivity contribution in [3.8, 4) is 0 Å². The van der Waals surface area contributed by atoms with Gasteiger partial charge in [-0.05, 0) is 26.1 Å². The number of amides is 1. The van der Waals surface area contributed by atoms with E-state index in [1.807, 2.05) is 17.4 Å². The summed E-state index contributed by atoms with van der Waals surface area (Å²) >= 11 is 0. The number of benzene rings is 1. The molecule has 1 aromatic carbocycles. The summed E-state index contributed by atoms with van der Waals surface area (Å²) in [4.78, 5) is 13.4. The van der Waals surface area contributed by atoms with E-state index in [4.69, 9.17) is 10.3 Å². The fourth-order valence-electron chi connectivity index (χ4n) is 2.12. The van der Waals surface area contributed by atoms with E-state index < -0.39 is 5.91 Å². The van der Waals surface area contributed by atoms with Crippen LogP contribution in [-0.4, -0.2) is 17.9 Å². The predicted octanol–water partition coefficient (Wildman–Crippen LogP) is 1.96. The first kappa shape index (κ1) is 15.2. The number of halogens is 1. The van der Waals surface area contributed by atoms with E-state index >= 15 is 0 Å². The van der Waals surface area contributed by atoms with E-state index in [1.165, 1.54) is 6.07 Å². The first-order valence-corrected chi connectivity index (χ1v) is 6.53. The van der Waals surface area contributed by atoms with Crippen LogP contribution in [0.3, 0.4) is 0 Å². The molecule has 0 aliphatic heterocycles. The van der Waals surface area contributed by atoms with E-state index in [0.29, 0.717) is 24.4 Å². The van der Waals surface area contributed by atoms with Gasteiger partial charge in [0.05, 0.1) is 0 Å². The Bertz CT molecular complexity index is 640. The van der Waals surface area contributed by atoms with Crippen molar-refractivity contribution in [3.05, 3.63) is 58.8 Å². The summed E-state index contributed by atoms with van der Waals surface area (Å²) in [6.45, 7) is 2.79. The van der Waals surface area contributed by atoms with Crippen molar-refractivity contribution in [1.82, 2.24) is 10.3 Å². The zero-order chi connectivity index (χ0) is 15.4. The smallest absolute Gasteiger partial charge is 0.300 e. The summed E-state index contributed by atoms with van der Waals surface area (Å²) in [5.74, 6) is 5.19. The van der Waals surface area contributed by atoms with Crippen LogP contribution < -0.4 is 11.3 Å². The number of aryl methyl sites for hydroxylation is 1. The molecule has 0 aliphatic rings. The van der Waals surface area contributed by atoms with E-state index in [1.54, 1.807) is 31.2 Å². The molecule has 0 radical (unpaired) electrons. The Morgan fingerprint density at radius 2 is 2.00 bits per heavy atom. The van der Waals surface area contributed by atoms with Gasteiger partial charge < -0.3 is 4.42 Å². The third kappa shape index (κ3) is 3.68. The van der Waals surface area contributed by atoms with Crippen molar-refractivity contribution in [2.24, 2.45) is 5.84 Å². The second-order valence-corrected chi connectivity index (χ2v) is 4.93. The molecular weight excluding hydrogens is 273 g/mol. The number of hydrazine groups is 1. The van der Waals surface area contributed by atoms with Crippen LogP contribution in [0.4, 0.5) is 4.39 Å². The van der Waals surface area contributed by atoms with Gasteiger partial charge in [-0.1, -0.05) is 18.2 Å². The standard InChI is InChI=1S/C15H18FN3O2/c1-10-12(7-14(21-10)15(20)18-17)9-19(2)8-11-5-3-4-6-13(11)16/h3-7H,8-9,17H2,1-2H3,(H,18,20).